The lowest BCUT2D eigenvalue weighted by molar-refractivity contribution is -0.140. The van der Waals surface area contributed by atoms with Crippen molar-refractivity contribution in [1.82, 2.24) is 5.32 Å². The molecule has 0 aromatic heterocycles. The third kappa shape index (κ3) is 4.91. The number of anilines is 1. The number of carbonyl (C=O) groups excluding carboxylic acids is 2. The lowest BCUT2D eigenvalue weighted by Gasteiger charge is -2.20. The summed E-state index contributed by atoms with van der Waals surface area (Å²) in [6.07, 6.45) is 0.643. The molecule has 6 heteroatoms. The minimum Gasteiger partial charge on any atom is -0.480 e. The number of nitrogens with one attached hydrogen (secondary N) is 2. The highest BCUT2D eigenvalue weighted by molar-refractivity contribution is 5.96. The zero-order valence-electron chi connectivity index (χ0n) is 12.3. The molecule has 0 saturated heterocycles. The van der Waals surface area contributed by atoms with Crippen LogP contribution in [0.5, 0.6) is 0 Å². The topological polar surface area (TPSA) is 95.5 Å². The predicted octanol–water partition coefficient (Wildman–Crippen LogP) is 2.51. The molecule has 0 aliphatic heterocycles. The largest absolute Gasteiger partial charge is 0.480 e. The van der Waals surface area contributed by atoms with E-state index in [4.69, 9.17) is 5.11 Å². The van der Waals surface area contributed by atoms with E-state index >= 15 is 0 Å². The second-order valence-corrected chi connectivity index (χ2v) is 4.93. The highest BCUT2D eigenvalue weighted by Gasteiger charge is 2.25. The Kier molecular flexibility index (Phi) is 5.90. The molecule has 3 N–H and O–H groups in total. The van der Waals surface area contributed by atoms with Gasteiger partial charge in [-0.05, 0) is 37.1 Å². The van der Waals surface area contributed by atoms with Crippen molar-refractivity contribution >= 4 is 23.5 Å². The van der Waals surface area contributed by atoms with Crippen molar-refractivity contribution in [2.45, 2.75) is 33.2 Å². The van der Waals surface area contributed by atoms with E-state index in [1.165, 1.54) is 6.92 Å². The number of Topliss-reactive ketones (excluding diaryl/α,β-unsaturated/α-hetero) is 1. The van der Waals surface area contributed by atoms with E-state index < -0.39 is 18.0 Å². The normalized spacial score (nSPS) is 13.1. The van der Waals surface area contributed by atoms with Crippen LogP contribution in [0.25, 0.3) is 0 Å². The number of hydrogen-bond acceptors (Lipinski definition) is 3. The number of carboxylic acids is 1. The molecule has 1 aromatic rings. The van der Waals surface area contributed by atoms with Gasteiger partial charge < -0.3 is 15.7 Å². The quantitative estimate of drug-likeness (QED) is 0.702. The van der Waals surface area contributed by atoms with Crippen LogP contribution in [0.3, 0.4) is 0 Å². The highest BCUT2D eigenvalue weighted by Crippen LogP contribution is 2.11. The van der Waals surface area contributed by atoms with E-state index in [1.54, 1.807) is 31.2 Å². The number of amides is 2. The first kappa shape index (κ1) is 16.7. The van der Waals surface area contributed by atoms with Crippen LogP contribution in [-0.4, -0.2) is 28.9 Å². The fraction of sp³-hybridized carbons (Fsp3) is 0.400. The van der Waals surface area contributed by atoms with Crippen LogP contribution in [0.1, 0.15) is 37.6 Å². The van der Waals surface area contributed by atoms with E-state index in [0.717, 1.165) is 0 Å². The molecule has 0 fully saturated rings. The zero-order valence-corrected chi connectivity index (χ0v) is 12.3. The van der Waals surface area contributed by atoms with Crippen molar-refractivity contribution < 1.29 is 19.5 Å². The van der Waals surface area contributed by atoms with Gasteiger partial charge in [0.1, 0.15) is 6.04 Å². The summed E-state index contributed by atoms with van der Waals surface area (Å²) < 4.78 is 0. The molecule has 114 valence electrons. The second-order valence-electron chi connectivity index (χ2n) is 4.93. The van der Waals surface area contributed by atoms with Gasteiger partial charge in [-0.2, -0.15) is 0 Å². The number of benzene rings is 1. The van der Waals surface area contributed by atoms with Crippen molar-refractivity contribution in [2.24, 2.45) is 5.92 Å². The lowest BCUT2D eigenvalue weighted by atomic mass is 9.99. The summed E-state index contributed by atoms with van der Waals surface area (Å²) in [5.74, 6) is -1.30. The van der Waals surface area contributed by atoms with Gasteiger partial charge in [0.2, 0.25) is 0 Å². The van der Waals surface area contributed by atoms with Gasteiger partial charge in [-0.25, -0.2) is 9.59 Å². The molecule has 0 heterocycles. The SMILES string of the molecule is CC[C@@H](C)[C@@H](NC(=O)Nc1ccc(C(C)=O)cc1)C(=O)O. The number of hydrogen-bond donors (Lipinski definition) is 3. The molecule has 21 heavy (non-hydrogen) atoms. The lowest BCUT2D eigenvalue weighted by Crippen LogP contribution is -2.46. The number of urea groups is 1. The Morgan fingerprint density at radius 3 is 2.19 bits per heavy atom. The third-order valence-electron chi connectivity index (χ3n) is 3.31. The van der Waals surface area contributed by atoms with Crippen LogP contribution >= 0.6 is 0 Å². The number of carbonyl (C=O) groups is 3. The standard InChI is InChI=1S/C15H20N2O4/c1-4-9(2)13(14(19)20)17-15(21)16-12-7-5-11(6-8-12)10(3)18/h5-9,13H,4H2,1-3H3,(H,19,20)(H2,16,17,21)/t9-,13-/m1/s1. The summed E-state index contributed by atoms with van der Waals surface area (Å²) in [6.45, 7) is 5.08. The molecule has 0 radical (unpaired) electrons. The summed E-state index contributed by atoms with van der Waals surface area (Å²) in [7, 11) is 0. The molecule has 0 saturated carbocycles. The summed E-state index contributed by atoms with van der Waals surface area (Å²) in [5, 5.41) is 14.1. The first-order chi connectivity index (χ1) is 9.85. The maximum atomic E-state index is 11.8. The van der Waals surface area contributed by atoms with Gasteiger partial charge >= 0.3 is 12.0 Å². The van der Waals surface area contributed by atoms with Crippen molar-refractivity contribution in [2.75, 3.05) is 5.32 Å². The Morgan fingerprint density at radius 1 is 1.19 bits per heavy atom. The first-order valence-electron chi connectivity index (χ1n) is 6.76. The molecule has 2 atom stereocenters. The van der Waals surface area contributed by atoms with Gasteiger partial charge in [0.15, 0.2) is 5.78 Å². The maximum Gasteiger partial charge on any atom is 0.326 e. The van der Waals surface area contributed by atoms with Crippen LogP contribution in [0.4, 0.5) is 10.5 Å². The molecule has 0 unspecified atom stereocenters. The van der Waals surface area contributed by atoms with Crippen molar-refractivity contribution in [3.8, 4) is 0 Å². The summed E-state index contributed by atoms with van der Waals surface area (Å²) in [4.78, 5) is 34.1. The summed E-state index contributed by atoms with van der Waals surface area (Å²) in [6, 6.07) is 4.86. The number of aliphatic carboxylic acids is 1. The average Bonchev–Trinajstić information content (AvgIpc) is 2.44. The Hall–Kier alpha value is -2.37. The molecular weight excluding hydrogens is 272 g/mol. The molecule has 2 amide bonds. The Bertz CT molecular complexity index is 525. The molecular formula is C15H20N2O4. The smallest absolute Gasteiger partial charge is 0.326 e. The van der Waals surface area contributed by atoms with Crippen LogP contribution < -0.4 is 10.6 Å². The highest BCUT2D eigenvalue weighted by atomic mass is 16.4. The van der Waals surface area contributed by atoms with E-state index in [9.17, 15) is 14.4 Å². The Balaban J connectivity index is 2.67. The van der Waals surface area contributed by atoms with Gasteiger partial charge in [-0.15, -0.1) is 0 Å². The molecule has 1 aromatic carbocycles. The molecule has 0 bridgehead atoms. The minimum atomic E-state index is -1.06. The van der Waals surface area contributed by atoms with Gasteiger partial charge in [-0.3, -0.25) is 4.79 Å². The van der Waals surface area contributed by atoms with E-state index in [0.29, 0.717) is 17.7 Å². The molecule has 0 spiro atoms. The van der Waals surface area contributed by atoms with Crippen LogP contribution in [0.15, 0.2) is 24.3 Å². The van der Waals surface area contributed by atoms with Gasteiger partial charge in [-0.1, -0.05) is 20.3 Å². The van der Waals surface area contributed by atoms with Crippen LogP contribution in [0.2, 0.25) is 0 Å². The summed E-state index contributed by atoms with van der Waals surface area (Å²) in [5.41, 5.74) is 1.04. The van der Waals surface area contributed by atoms with Crippen molar-refractivity contribution in [1.29, 1.82) is 0 Å². The number of rotatable bonds is 6. The number of carboxylic acid groups (broad SMARTS) is 1. The number of ketones is 1. The van der Waals surface area contributed by atoms with Crippen molar-refractivity contribution in [3.05, 3.63) is 29.8 Å². The fourth-order valence-corrected chi connectivity index (χ4v) is 1.78. The molecule has 6 nitrogen and oxygen atoms in total. The van der Waals surface area contributed by atoms with Crippen LogP contribution in [-0.2, 0) is 4.79 Å². The summed E-state index contributed by atoms with van der Waals surface area (Å²) >= 11 is 0. The third-order valence-corrected chi connectivity index (χ3v) is 3.31. The molecule has 1 rings (SSSR count). The second kappa shape index (κ2) is 7.42. The Labute approximate surface area is 123 Å². The molecule has 0 aliphatic rings. The van der Waals surface area contributed by atoms with Gasteiger partial charge in [0.25, 0.3) is 0 Å². The first-order valence-corrected chi connectivity index (χ1v) is 6.76. The van der Waals surface area contributed by atoms with E-state index in [2.05, 4.69) is 10.6 Å². The average molecular weight is 292 g/mol. The van der Waals surface area contributed by atoms with Crippen LogP contribution in [0, 0.1) is 5.92 Å². The molecule has 0 aliphatic carbocycles. The van der Waals surface area contributed by atoms with Gasteiger partial charge in [0, 0.05) is 11.3 Å². The Morgan fingerprint density at radius 2 is 1.76 bits per heavy atom. The minimum absolute atomic E-state index is 0.0614. The van der Waals surface area contributed by atoms with E-state index in [1.807, 2.05) is 6.92 Å². The monoisotopic (exact) mass is 292 g/mol. The van der Waals surface area contributed by atoms with Gasteiger partial charge in [0.05, 0.1) is 0 Å². The maximum absolute atomic E-state index is 11.8. The zero-order chi connectivity index (χ0) is 16.0. The fourth-order valence-electron chi connectivity index (χ4n) is 1.78. The predicted molar refractivity (Wildman–Crippen MR) is 79.5 cm³/mol. The van der Waals surface area contributed by atoms with Crippen molar-refractivity contribution in [3.63, 3.8) is 0 Å². The van der Waals surface area contributed by atoms with E-state index in [-0.39, 0.29) is 11.7 Å².